The first-order chi connectivity index (χ1) is 14.0. The van der Waals surface area contributed by atoms with Gasteiger partial charge in [0.15, 0.2) is 5.96 Å². The van der Waals surface area contributed by atoms with Crippen LogP contribution in [0, 0.1) is 0 Å². The van der Waals surface area contributed by atoms with E-state index in [2.05, 4.69) is 60.6 Å². The van der Waals surface area contributed by atoms with Crippen LogP contribution in [-0.4, -0.2) is 74.0 Å². The van der Waals surface area contributed by atoms with Crippen molar-refractivity contribution in [3.63, 3.8) is 0 Å². The number of hydrogen-bond acceptors (Lipinski definition) is 3. The van der Waals surface area contributed by atoms with Crippen LogP contribution in [0.4, 0.5) is 0 Å². The van der Waals surface area contributed by atoms with Crippen molar-refractivity contribution in [2.75, 3.05) is 52.4 Å². The molecule has 0 unspecified atom stereocenters. The van der Waals surface area contributed by atoms with E-state index in [0.717, 1.165) is 71.2 Å². The zero-order chi connectivity index (χ0) is 21.1. The first-order valence-electron chi connectivity index (χ1n) is 11.1. The fourth-order valence-corrected chi connectivity index (χ4v) is 3.50. The van der Waals surface area contributed by atoms with E-state index < -0.39 is 0 Å². The zero-order valence-electron chi connectivity index (χ0n) is 18.7. The van der Waals surface area contributed by atoms with Gasteiger partial charge in [-0.05, 0) is 36.8 Å². The van der Waals surface area contributed by atoms with Crippen molar-refractivity contribution in [2.45, 2.75) is 46.5 Å². The van der Waals surface area contributed by atoms with Gasteiger partial charge in [0.1, 0.15) is 0 Å². The molecule has 162 valence electrons. The fourth-order valence-electron chi connectivity index (χ4n) is 3.50. The van der Waals surface area contributed by atoms with Crippen LogP contribution in [-0.2, 0) is 11.2 Å². The molecule has 1 aromatic rings. The van der Waals surface area contributed by atoms with Crippen molar-refractivity contribution in [3.05, 3.63) is 35.4 Å². The highest BCUT2D eigenvalue weighted by Gasteiger charge is 2.17. The Morgan fingerprint density at radius 3 is 2.38 bits per heavy atom. The van der Waals surface area contributed by atoms with Crippen LogP contribution in [0.1, 0.15) is 51.2 Å². The third-order valence-corrected chi connectivity index (χ3v) is 5.42. The summed E-state index contributed by atoms with van der Waals surface area (Å²) < 4.78 is 0. The zero-order valence-corrected chi connectivity index (χ0v) is 18.7. The predicted molar refractivity (Wildman–Crippen MR) is 122 cm³/mol. The Hall–Kier alpha value is -2.08. The van der Waals surface area contributed by atoms with E-state index in [4.69, 9.17) is 4.99 Å². The first-order valence-corrected chi connectivity index (χ1v) is 11.1. The summed E-state index contributed by atoms with van der Waals surface area (Å²) in [5.41, 5.74) is 2.78. The molecule has 1 amide bonds. The molecule has 1 heterocycles. The molecule has 1 aliphatic rings. The van der Waals surface area contributed by atoms with Crippen molar-refractivity contribution in [1.82, 2.24) is 20.4 Å². The summed E-state index contributed by atoms with van der Waals surface area (Å²) in [5, 5.41) is 6.77. The van der Waals surface area contributed by atoms with Gasteiger partial charge in [-0.1, -0.05) is 38.1 Å². The van der Waals surface area contributed by atoms with E-state index in [1.807, 2.05) is 4.90 Å². The lowest BCUT2D eigenvalue weighted by Gasteiger charge is -2.34. The number of piperazine rings is 1. The second-order valence-electron chi connectivity index (χ2n) is 8.03. The van der Waals surface area contributed by atoms with Crippen LogP contribution in [0.15, 0.2) is 29.3 Å². The van der Waals surface area contributed by atoms with Gasteiger partial charge >= 0.3 is 0 Å². The second kappa shape index (κ2) is 12.5. The quantitative estimate of drug-likeness (QED) is 0.379. The molecule has 0 atom stereocenters. The largest absolute Gasteiger partial charge is 0.357 e. The van der Waals surface area contributed by atoms with Crippen molar-refractivity contribution in [2.24, 2.45) is 4.99 Å². The minimum absolute atomic E-state index is 0.181. The molecule has 0 spiro atoms. The van der Waals surface area contributed by atoms with Gasteiger partial charge < -0.3 is 15.5 Å². The summed E-state index contributed by atoms with van der Waals surface area (Å²) in [4.78, 5) is 20.4. The number of guanidine groups is 1. The number of nitrogens with zero attached hydrogens (tertiary/aromatic N) is 3. The molecule has 2 rings (SSSR count). The molecule has 1 aliphatic heterocycles. The summed E-state index contributed by atoms with van der Waals surface area (Å²) in [6.07, 6.45) is 2.10. The van der Waals surface area contributed by atoms with Crippen molar-refractivity contribution in [3.8, 4) is 0 Å². The number of hydrogen-bond donors (Lipinski definition) is 2. The lowest BCUT2D eigenvalue weighted by atomic mass is 10.0. The number of benzene rings is 1. The Balaban J connectivity index is 1.67. The number of nitrogens with one attached hydrogen (secondary N) is 2. The van der Waals surface area contributed by atoms with E-state index in [-0.39, 0.29) is 5.91 Å². The highest BCUT2D eigenvalue weighted by Crippen LogP contribution is 2.15. The molecular weight excluding hydrogens is 362 g/mol. The van der Waals surface area contributed by atoms with Crippen molar-refractivity contribution < 1.29 is 4.79 Å². The first kappa shape index (κ1) is 23.2. The monoisotopic (exact) mass is 401 g/mol. The Bertz CT molecular complexity index is 633. The molecule has 0 radical (unpaired) electrons. The topological polar surface area (TPSA) is 60.0 Å². The Labute approximate surface area is 176 Å². The number of carbonyl (C=O) groups is 1. The summed E-state index contributed by atoms with van der Waals surface area (Å²) in [6, 6.07) is 8.97. The van der Waals surface area contributed by atoms with Crippen molar-refractivity contribution in [1.29, 1.82) is 0 Å². The SMILES string of the molecule is CCNC(=NCCCc1ccc(C(C)C)cc1)NCCN1CCN(C(C)=O)CC1. The van der Waals surface area contributed by atoms with Gasteiger partial charge in [-0.3, -0.25) is 14.7 Å². The molecule has 0 saturated carbocycles. The molecule has 0 aromatic heterocycles. The third-order valence-electron chi connectivity index (χ3n) is 5.42. The smallest absolute Gasteiger partial charge is 0.219 e. The summed E-state index contributed by atoms with van der Waals surface area (Å²) in [7, 11) is 0. The summed E-state index contributed by atoms with van der Waals surface area (Å²) in [6.45, 7) is 15.3. The lowest BCUT2D eigenvalue weighted by molar-refractivity contribution is -0.130. The van der Waals surface area contributed by atoms with Crippen LogP contribution in [0.25, 0.3) is 0 Å². The van der Waals surface area contributed by atoms with Gasteiger partial charge in [-0.2, -0.15) is 0 Å². The summed E-state index contributed by atoms with van der Waals surface area (Å²) >= 11 is 0. The maximum absolute atomic E-state index is 11.4. The van der Waals surface area contributed by atoms with Crippen molar-refractivity contribution >= 4 is 11.9 Å². The van der Waals surface area contributed by atoms with Crippen LogP contribution >= 0.6 is 0 Å². The van der Waals surface area contributed by atoms with E-state index >= 15 is 0 Å². The van der Waals surface area contributed by atoms with E-state index in [1.165, 1.54) is 11.1 Å². The van der Waals surface area contributed by atoms with Gasteiger partial charge in [0.25, 0.3) is 0 Å². The fraction of sp³-hybridized carbons (Fsp3) is 0.652. The highest BCUT2D eigenvalue weighted by atomic mass is 16.2. The predicted octanol–water partition coefficient (Wildman–Crippen LogP) is 2.46. The molecule has 1 aromatic carbocycles. The lowest BCUT2D eigenvalue weighted by Crippen LogP contribution is -2.50. The molecule has 29 heavy (non-hydrogen) atoms. The average molecular weight is 402 g/mol. The Morgan fingerprint density at radius 2 is 1.79 bits per heavy atom. The Morgan fingerprint density at radius 1 is 1.10 bits per heavy atom. The van der Waals surface area contributed by atoms with Gasteiger partial charge in [-0.25, -0.2) is 0 Å². The Kier molecular flexibility index (Phi) is 9.98. The minimum atomic E-state index is 0.181. The highest BCUT2D eigenvalue weighted by molar-refractivity contribution is 5.79. The van der Waals surface area contributed by atoms with Crippen LogP contribution in [0.2, 0.25) is 0 Å². The molecule has 6 nitrogen and oxygen atoms in total. The van der Waals surface area contributed by atoms with Gasteiger partial charge in [0.05, 0.1) is 0 Å². The minimum Gasteiger partial charge on any atom is -0.357 e. The van der Waals surface area contributed by atoms with Crippen LogP contribution in [0.3, 0.4) is 0 Å². The maximum atomic E-state index is 11.4. The molecule has 1 fully saturated rings. The molecule has 2 N–H and O–H groups in total. The summed E-state index contributed by atoms with van der Waals surface area (Å²) in [5.74, 6) is 1.66. The molecular formula is C23H39N5O. The number of aryl methyl sites for hydroxylation is 1. The van der Waals surface area contributed by atoms with Gasteiger partial charge in [-0.15, -0.1) is 0 Å². The molecule has 0 aliphatic carbocycles. The number of aliphatic imine (C=N–C) groups is 1. The number of carbonyl (C=O) groups excluding carboxylic acids is 1. The van der Waals surface area contributed by atoms with E-state index in [1.54, 1.807) is 6.92 Å². The van der Waals surface area contributed by atoms with Crippen LogP contribution in [0.5, 0.6) is 0 Å². The van der Waals surface area contributed by atoms with Gasteiger partial charge in [0.2, 0.25) is 5.91 Å². The second-order valence-corrected chi connectivity index (χ2v) is 8.03. The van der Waals surface area contributed by atoms with E-state index in [0.29, 0.717) is 5.92 Å². The van der Waals surface area contributed by atoms with Gasteiger partial charge in [0, 0.05) is 59.3 Å². The average Bonchev–Trinajstić information content (AvgIpc) is 2.72. The maximum Gasteiger partial charge on any atom is 0.219 e. The normalized spacial score (nSPS) is 15.6. The number of amides is 1. The van der Waals surface area contributed by atoms with E-state index in [9.17, 15) is 4.79 Å². The molecule has 6 heteroatoms. The van der Waals surface area contributed by atoms with Crippen LogP contribution < -0.4 is 10.6 Å². The number of rotatable bonds is 9. The molecule has 1 saturated heterocycles. The standard InChI is InChI=1S/C23H39N5O/c1-5-24-23(26-13-14-27-15-17-28(18-16-27)20(4)29)25-12-6-7-21-8-10-22(11-9-21)19(2)3/h8-11,19H,5-7,12-18H2,1-4H3,(H2,24,25,26). The molecule has 0 bridgehead atoms. The third kappa shape index (κ3) is 8.44.